The number of nitrogens with one attached hydrogen (secondary N) is 2. The second-order valence-electron chi connectivity index (χ2n) is 9.79. The average Bonchev–Trinajstić information content (AvgIpc) is 3.51. The largest absolute Gasteiger partial charge is 0.378 e. The Balaban J connectivity index is 1.13. The lowest BCUT2D eigenvalue weighted by Gasteiger charge is -2.19. The number of benzene rings is 3. The van der Waals surface area contributed by atoms with Gasteiger partial charge in [0.1, 0.15) is 12.2 Å². The topological polar surface area (TPSA) is 106 Å². The smallest absolute Gasteiger partial charge is 0.241 e. The molecule has 2 aliphatic rings. The van der Waals surface area contributed by atoms with Crippen LogP contribution in [0.25, 0.3) is 22.0 Å². The van der Waals surface area contributed by atoms with Crippen LogP contribution in [0, 0.1) is 0 Å². The van der Waals surface area contributed by atoms with E-state index in [0.717, 1.165) is 27.7 Å². The fourth-order valence-corrected chi connectivity index (χ4v) is 6.28. The Morgan fingerprint density at radius 2 is 1.58 bits per heavy atom. The standard InChI is InChI=1S/C28H29N5O4S/c1-33(2)21-10-7-19(8-11-21)23-13-14-29-28(30-23)31-24-16-36-27-25(17-37-26(24)27)32-38(34,35)22-12-9-18-5-3-4-6-20(18)15-22/h3-15,24-27,32H,16-17H2,1-2H3,(H,29,30,31)/t24-,25-,26+,27+/m0/s1. The van der Waals surface area contributed by atoms with Crippen LogP contribution in [0.3, 0.4) is 0 Å². The van der Waals surface area contributed by atoms with Gasteiger partial charge in [0.25, 0.3) is 0 Å². The second kappa shape index (κ2) is 9.95. The van der Waals surface area contributed by atoms with E-state index in [2.05, 4.69) is 20.0 Å². The molecule has 3 heterocycles. The number of rotatable bonds is 7. The third-order valence-electron chi connectivity index (χ3n) is 7.04. The van der Waals surface area contributed by atoms with Crippen LogP contribution in [-0.4, -0.2) is 70.0 Å². The summed E-state index contributed by atoms with van der Waals surface area (Å²) >= 11 is 0. The molecular formula is C28H29N5O4S. The highest BCUT2D eigenvalue weighted by molar-refractivity contribution is 7.89. The molecule has 0 saturated carbocycles. The minimum atomic E-state index is -3.75. The number of hydrogen-bond acceptors (Lipinski definition) is 8. The number of nitrogens with zero attached hydrogens (tertiary/aromatic N) is 3. The van der Waals surface area contributed by atoms with Crippen LogP contribution in [-0.2, 0) is 19.5 Å². The number of sulfonamides is 1. The SMILES string of the molecule is CN(C)c1ccc(-c2ccnc(N[C@H]3CO[C@H]4[C@@H]3OC[C@@H]4NS(=O)(=O)c3ccc4ccccc4c3)n2)cc1. The van der Waals surface area contributed by atoms with Crippen molar-refractivity contribution in [1.82, 2.24) is 14.7 Å². The summed E-state index contributed by atoms with van der Waals surface area (Å²) in [5, 5.41) is 5.18. The first kappa shape index (κ1) is 24.7. The molecule has 0 spiro atoms. The first-order valence-electron chi connectivity index (χ1n) is 12.5. The molecule has 10 heteroatoms. The van der Waals surface area contributed by atoms with Crippen LogP contribution in [0.5, 0.6) is 0 Å². The molecule has 1 aromatic heterocycles. The number of ether oxygens (including phenoxy) is 2. The van der Waals surface area contributed by atoms with Crippen molar-refractivity contribution in [2.75, 3.05) is 37.5 Å². The zero-order valence-corrected chi connectivity index (χ0v) is 21.9. The Morgan fingerprint density at radius 3 is 2.34 bits per heavy atom. The van der Waals surface area contributed by atoms with Crippen LogP contribution in [0.1, 0.15) is 0 Å². The summed E-state index contributed by atoms with van der Waals surface area (Å²) in [5.74, 6) is 0.470. The van der Waals surface area contributed by atoms with Crippen molar-refractivity contribution >= 4 is 32.4 Å². The van der Waals surface area contributed by atoms with Crippen LogP contribution in [0.15, 0.2) is 83.9 Å². The maximum Gasteiger partial charge on any atom is 0.241 e. The molecule has 9 nitrogen and oxygen atoms in total. The Labute approximate surface area is 221 Å². The lowest BCUT2D eigenvalue weighted by molar-refractivity contribution is 0.0690. The van der Waals surface area contributed by atoms with E-state index in [-0.39, 0.29) is 23.6 Å². The lowest BCUT2D eigenvalue weighted by Crippen LogP contribution is -2.44. The number of anilines is 2. The summed E-state index contributed by atoms with van der Waals surface area (Å²) < 4.78 is 41.1. The summed E-state index contributed by atoms with van der Waals surface area (Å²) in [6, 6.07) is 22.1. The maximum atomic E-state index is 13.2. The fourth-order valence-electron chi connectivity index (χ4n) is 5.01. The van der Waals surface area contributed by atoms with E-state index in [1.807, 2.05) is 79.7 Å². The molecule has 0 bridgehead atoms. The van der Waals surface area contributed by atoms with Crippen LogP contribution in [0.2, 0.25) is 0 Å². The third kappa shape index (κ3) is 4.83. The van der Waals surface area contributed by atoms with E-state index in [1.165, 1.54) is 0 Å². The van der Waals surface area contributed by atoms with E-state index in [0.29, 0.717) is 12.6 Å². The minimum absolute atomic E-state index is 0.207. The molecule has 0 aliphatic carbocycles. The van der Waals surface area contributed by atoms with Gasteiger partial charge in [0.2, 0.25) is 16.0 Å². The molecule has 4 atom stereocenters. The summed E-state index contributed by atoms with van der Waals surface area (Å²) in [5.41, 5.74) is 2.90. The zero-order valence-electron chi connectivity index (χ0n) is 21.1. The van der Waals surface area contributed by atoms with E-state index in [4.69, 9.17) is 9.47 Å². The molecule has 6 rings (SSSR count). The molecule has 2 aliphatic heterocycles. The maximum absolute atomic E-state index is 13.2. The summed E-state index contributed by atoms with van der Waals surface area (Å²) in [6.45, 7) is 0.577. The van der Waals surface area contributed by atoms with Gasteiger partial charge >= 0.3 is 0 Å². The van der Waals surface area contributed by atoms with Crippen LogP contribution >= 0.6 is 0 Å². The molecule has 2 fully saturated rings. The first-order valence-corrected chi connectivity index (χ1v) is 14.0. The van der Waals surface area contributed by atoms with Gasteiger partial charge in [-0.05, 0) is 41.1 Å². The van der Waals surface area contributed by atoms with E-state index in [9.17, 15) is 8.42 Å². The normalized spacial score (nSPS) is 22.9. The van der Waals surface area contributed by atoms with E-state index < -0.39 is 22.2 Å². The highest BCUT2D eigenvalue weighted by Crippen LogP contribution is 2.30. The van der Waals surface area contributed by atoms with Gasteiger partial charge in [0, 0.05) is 31.5 Å². The molecule has 2 N–H and O–H groups in total. The number of aromatic nitrogens is 2. The number of fused-ring (bicyclic) bond motifs is 2. The summed E-state index contributed by atoms with van der Waals surface area (Å²) in [7, 11) is 0.252. The van der Waals surface area contributed by atoms with Gasteiger partial charge in [0.15, 0.2) is 0 Å². The van der Waals surface area contributed by atoms with Gasteiger partial charge in [-0.1, -0.05) is 42.5 Å². The van der Waals surface area contributed by atoms with Crippen LogP contribution in [0.4, 0.5) is 11.6 Å². The van der Waals surface area contributed by atoms with E-state index in [1.54, 1.807) is 18.3 Å². The van der Waals surface area contributed by atoms with Gasteiger partial charge in [-0.2, -0.15) is 0 Å². The molecular weight excluding hydrogens is 502 g/mol. The first-order chi connectivity index (χ1) is 18.4. The second-order valence-corrected chi connectivity index (χ2v) is 11.5. The van der Waals surface area contributed by atoms with Gasteiger partial charge in [-0.3, -0.25) is 0 Å². The van der Waals surface area contributed by atoms with Crippen molar-refractivity contribution in [2.24, 2.45) is 0 Å². The molecule has 38 heavy (non-hydrogen) atoms. The van der Waals surface area contributed by atoms with E-state index >= 15 is 0 Å². The van der Waals surface area contributed by atoms with Gasteiger partial charge < -0.3 is 19.7 Å². The highest BCUT2D eigenvalue weighted by Gasteiger charge is 2.49. The summed E-state index contributed by atoms with van der Waals surface area (Å²) in [6.07, 6.45) is 0.976. The average molecular weight is 532 g/mol. The molecule has 4 aromatic rings. The Bertz CT molecular complexity index is 1560. The Morgan fingerprint density at radius 1 is 0.868 bits per heavy atom. The molecule has 196 valence electrons. The molecule has 3 aromatic carbocycles. The lowest BCUT2D eigenvalue weighted by atomic mass is 10.1. The minimum Gasteiger partial charge on any atom is -0.378 e. The summed E-state index contributed by atoms with van der Waals surface area (Å²) in [4.78, 5) is 11.3. The predicted molar refractivity (Wildman–Crippen MR) is 147 cm³/mol. The van der Waals surface area contributed by atoms with Crippen LogP contribution < -0.4 is 14.9 Å². The van der Waals surface area contributed by atoms with Gasteiger partial charge in [0.05, 0.1) is 35.9 Å². The van der Waals surface area contributed by atoms with Crippen molar-refractivity contribution in [3.05, 3.63) is 79.0 Å². The number of hydrogen-bond donors (Lipinski definition) is 2. The molecule has 0 amide bonds. The van der Waals surface area contributed by atoms with Crippen molar-refractivity contribution in [2.45, 2.75) is 29.2 Å². The third-order valence-corrected chi connectivity index (χ3v) is 8.53. The Hall–Kier alpha value is -3.57. The quantitative estimate of drug-likeness (QED) is 0.374. The van der Waals surface area contributed by atoms with Crippen molar-refractivity contribution in [3.8, 4) is 11.3 Å². The fraction of sp³-hybridized carbons (Fsp3) is 0.286. The molecule has 2 saturated heterocycles. The zero-order chi connectivity index (χ0) is 26.3. The monoisotopic (exact) mass is 531 g/mol. The van der Waals surface area contributed by atoms with Gasteiger partial charge in [-0.15, -0.1) is 0 Å². The molecule has 0 radical (unpaired) electrons. The van der Waals surface area contributed by atoms with Gasteiger partial charge in [-0.25, -0.2) is 23.1 Å². The van der Waals surface area contributed by atoms with Crippen molar-refractivity contribution in [1.29, 1.82) is 0 Å². The van der Waals surface area contributed by atoms with Crippen molar-refractivity contribution < 1.29 is 17.9 Å². The van der Waals surface area contributed by atoms with Crippen molar-refractivity contribution in [3.63, 3.8) is 0 Å². The highest BCUT2D eigenvalue weighted by atomic mass is 32.2. The molecule has 0 unspecified atom stereocenters. The predicted octanol–water partition coefficient (Wildman–Crippen LogP) is 3.29. The Kier molecular flexibility index (Phi) is 6.48.